The number of pyridine rings is 2. The Morgan fingerprint density at radius 3 is 2.70 bits per heavy atom. The molecule has 8 nitrogen and oxygen atoms in total. The van der Waals surface area contributed by atoms with Crippen LogP contribution >= 0.6 is 0 Å². The zero-order valence-electron chi connectivity index (χ0n) is 18.2. The Morgan fingerprint density at radius 2 is 2.07 bits per heavy atom. The maximum Gasteiger partial charge on any atom is 0.135 e. The third kappa shape index (κ3) is 4.94. The Morgan fingerprint density at radius 1 is 1.27 bits per heavy atom. The summed E-state index contributed by atoms with van der Waals surface area (Å²) in [4.78, 5) is 9.30. The van der Waals surface area contributed by atoms with Gasteiger partial charge in [-0.15, -0.1) is 0 Å². The van der Waals surface area contributed by atoms with Gasteiger partial charge in [-0.3, -0.25) is 4.68 Å². The maximum atomic E-state index is 8.34. The van der Waals surface area contributed by atoms with E-state index in [1.807, 2.05) is 44.6 Å². The summed E-state index contributed by atoms with van der Waals surface area (Å²) in [6.07, 6.45) is 5.59. The number of nitrogens with zero attached hydrogens (tertiary/aromatic N) is 4. The summed E-state index contributed by atoms with van der Waals surface area (Å²) in [7, 11) is 1.90. The highest BCUT2D eigenvalue weighted by molar-refractivity contribution is 6.03. The molecule has 0 fully saturated rings. The number of aromatic nitrogens is 4. The van der Waals surface area contributed by atoms with Gasteiger partial charge in [0.25, 0.3) is 0 Å². The summed E-state index contributed by atoms with van der Waals surface area (Å²) < 4.78 is 1.79. The van der Waals surface area contributed by atoms with Gasteiger partial charge in [0.15, 0.2) is 0 Å². The standard InChI is InChI=1S/C22H30N8/c1-6-24-22-17(8-7-9-25-22)18-10-19(26-11-16-12-27-30(5)13-16)21(28-14(2)3)20(29-18)15(4)23/h7-10,12-14,23,28H,6,11H2,1-5H3,(H,24,25)(H,26,29). The van der Waals surface area contributed by atoms with Crippen molar-refractivity contribution in [3.05, 3.63) is 48.0 Å². The van der Waals surface area contributed by atoms with Crippen LogP contribution < -0.4 is 16.0 Å². The quantitative estimate of drug-likeness (QED) is 0.398. The molecular formula is C22H30N8. The van der Waals surface area contributed by atoms with Crippen molar-refractivity contribution in [1.29, 1.82) is 5.41 Å². The predicted octanol–water partition coefficient (Wildman–Crippen LogP) is 4.13. The minimum Gasteiger partial charge on any atom is -0.379 e. The molecule has 0 saturated carbocycles. The van der Waals surface area contributed by atoms with Crippen LogP contribution in [0.5, 0.6) is 0 Å². The molecule has 8 heteroatoms. The second kappa shape index (κ2) is 9.39. The zero-order valence-corrected chi connectivity index (χ0v) is 18.2. The summed E-state index contributed by atoms with van der Waals surface area (Å²) in [5.41, 5.74) is 5.50. The van der Waals surface area contributed by atoms with Gasteiger partial charge in [0.05, 0.1) is 29.0 Å². The molecule has 0 aliphatic carbocycles. The van der Waals surface area contributed by atoms with E-state index < -0.39 is 0 Å². The third-order valence-electron chi connectivity index (χ3n) is 4.48. The molecule has 0 bridgehead atoms. The molecule has 0 radical (unpaired) electrons. The molecule has 3 aromatic rings. The highest BCUT2D eigenvalue weighted by Gasteiger charge is 2.18. The van der Waals surface area contributed by atoms with E-state index in [-0.39, 0.29) is 6.04 Å². The van der Waals surface area contributed by atoms with Gasteiger partial charge in [0.2, 0.25) is 0 Å². The van der Waals surface area contributed by atoms with E-state index >= 15 is 0 Å². The molecule has 30 heavy (non-hydrogen) atoms. The van der Waals surface area contributed by atoms with Crippen LogP contribution in [0.1, 0.15) is 39.0 Å². The maximum absolute atomic E-state index is 8.34. The number of rotatable bonds is 9. The Bertz CT molecular complexity index is 1020. The van der Waals surface area contributed by atoms with Crippen molar-refractivity contribution >= 4 is 22.9 Å². The fourth-order valence-electron chi connectivity index (χ4n) is 3.21. The normalized spacial score (nSPS) is 10.9. The van der Waals surface area contributed by atoms with Crippen LogP contribution in [0.2, 0.25) is 0 Å². The smallest absolute Gasteiger partial charge is 0.135 e. The molecular weight excluding hydrogens is 376 g/mol. The summed E-state index contributed by atoms with van der Waals surface area (Å²) >= 11 is 0. The molecule has 3 rings (SSSR count). The SMILES string of the molecule is CCNc1ncccc1-c1cc(NCc2cnn(C)c2)c(NC(C)C)c(C(C)=N)n1. The van der Waals surface area contributed by atoms with Gasteiger partial charge in [-0.05, 0) is 45.9 Å². The predicted molar refractivity (Wildman–Crippen MR) is 123 cm³/mol. The van der Waals surface area contributed by atoms with Crippen LogP contribution in [-0.2, 0) is 13.6 Å². The third-order valence-corrected chi connectivity index (χ3v) is 4.48. The van der Waals surface area contributed by atoms with Crippen molar-refractivity contribution in [3.8, 4) is 11.3 Å². The fourth-order valence-corrected chi connectivity index (χ4v) is 3.21. The van der Waals surface area contributed by atoms with Gasteiger partial charge in [-0.25, -0.2) is 9.97 Å². The van der Waals surface area contributed by atoms with Crippen LogP contribution in [0.4, 0.5) is 17.2 Å². The molecule has 0 spiro atoms. The van der Waals surface area contributed by atoms with E-state index in [9.17, 15) is 0 Å². The lowest BCUT2D eigenvalue weighted by Crippen LogP contribution is -2.17. The molecule has 0 amide bonds. The van der Waals surface area contributed by atoms with Crippen molar-refractivity contribution in [1.82, 2.24) is 19.7 Å². The molecule has 0 saturated heterocycles. The van der Waals surface area contributed by atoms with Crippen LogP contribution in [0.25, 0.3) is 11.3 Å². The van der Waals surface area contributed by atoms with Crippen LogP contribution in [0, 0.1) is 5.41 Å². The molecule has 158 valence electrons. The molecule has 0 aromatic carbocycles. The summed E-state index contributed by atoms with van der Waals surface area (Å²) in [6, 6.07) is 6.12. The first-order valence-electron chi connectivity index (χ1n) is 10.2. The zero-order chi connectivity index (χ0) is 21.7. The van der Waals surface area contributed by atoms with Crippen molar-refractivity contribution in [2.45, 2.75) is 40.3 Å². The van der Waals surface area contributed by atoms with Crippen LogP contribution in [-0.4, -0.2) is 38.0 Å². The van der Waals surface area contributed by atoms with Crippen molar-refractivity contribution in [2.24, 2.45) is 7.05 Å². The first-order valence-corrected chi connectivity index (χ1v) is 10.2. The second-order valence-electron chi connectivity index (χ2n) is 7.51. The fraction of sp³-hybridized carbons (Fsp3) is 0.364. The van der Waals surface area contributed by atoms with E-state index in [1.165, 1.54) is 0 Å². The topological polar surface area (TPSA) is 104 Å². The number of anilines is 3. The van der Waals surface area contributed by atoms with E-state index in [0.29, 0.717) is 18.0 Å². The average Bonchev–Trinajstić information content (AvgIpc) is 3.12. The lowest BCUT2D eigenvalue weighted by atomic mass is 10.1. The van der Waals surface area contributed by atoms with Crippen molar-refractivity contribution in [3.63, 3.8) is 0 Å². The molecule has 0 atom stereocenters. The minimum atomic E-state index is 0.199. The summed E-state index contributed by atoms with van der Waals surface area (Å²) in [6.45, 7) is 9.33. The lowest BCUT2D eigenvalue weighted by Gasteiger charge is -2.21. The highest BCUT2D eigenvalue weighted by Crippen LogP contribution is 2.34. The van der Waals surface area contributed by atoms with E-state index in [4.69, 9.17) is 10.4 Å². The lowest BCUT2D eigenvalue weighted by molar-refractivity contribution is 0.767. The van der Waals surface area contributed by atoms with E-state index in [0.717, 1.165) is 40.6 Å². The summed E-state index contributed by atoms with van der Waals surface area (Å²) in [5.74, 6) is 0.781. The van der Waals surface area contributed by atoms with Gasteiger partial charge in [0.1, 0.15) is 11.5 Å². The molecule has 0 aliphatic rings. The highest BCUT2D eigenvalue weighted by atomic mass is 15.2. The number of hydrogen-bond acceptors (Lipinski definition) is 7. The summed E-state index contributed by atoms with van der Waals surface area (Å²) in [5, 5.41) is 22.9. The largest absolute Gasteiger partial charge is 0.379 e. The van der Waals surface area contributed by atoms with Gasteiger partial charge in [-0.2, -0.15) is 5.10 Å². The van der Waals surface area contributed by atoms with Gasteiger partial charge >= 0.3 is 0 Å². The number of hydrogen-bond donors (Lipinski definition) is 4. The monoisotopic (exact) mass is 406 g/mol. The first kappa shape index (κ1) is 21.3. The van der Waals surface area contributed by atoms with Gasteiger partial charge in [0, 0.05) is 49.7 Å². The molecule has 0 unspecified atom stereocenters. The van der Waals surface area contributed by atoms with Crippen molar-refractivity contribution < 1.29 is 0 Å². The van der Waals surface area contributed by atoms with Crippen molar-refractivity contribution in [2.75, 3.05) is 22.5 Å². The van der Waals surface area contributed by atoms with Crippen LogP contribution in [0.15, 0.2) is 36.8 Å². The molecule has 4 N–H and O–H groups in total. The van der Waals surface area contributed by atoms with E-state index in [2.05, 4.69) is 39.9 Å². The molecule has 3 heterocycles. The first-order chi connectivity index (χ1) is 14.4. The Kier molecular flexibility index (Phi) is 6.66. The van der Waals surface area contributed by atoms with Gasteiger partial charge < -0.3 is 21.4 Å². The number of aryl methyl sites for hydroxylation is 1. The Labute approximate surface area is 177 Å². The number of nitrogens with one attached hydrogen (secondary N) is 4. The van der Waals surface area contributed by atoms with Crippen LogP contribution in [0.3, 0.4) is 0 Å². The van der Waals surface area contributed by atoms with E-state index in [1.54, 1.807) is 17.8 Å². The second-order valence-corrected chi connectivity index (χ2v) is 7.51. The Balaban J connectivity index is 2.10. The van der Waals surface area contributed by atoms with Gasteiger partial charge in [-0.1, -0.05) is 0 Å². The minimum absolute atomic E-state index is 0.199. The average molecular weight is 407 g/mol. The molecule has 3 aromatic heterocycles. The Hall–Kier alpha value is -3.42. The molecule has 0 aliphatic heterocycles.